The number of carbonyl (C=O) groups excluding carboxylic acids is 1. The Morgan fingerprint density at radius 2 is 1.76 bits per heavy atom. The van der Waals surface area contributed by atoms with Gasteiger partial charge in [0.2, 0.25) is 0 Å². The van der Waals surface area contributed by atoms with Crippen molar-refractivity contribution in [2.24, 2.45) is 7.05 Å². The second-order valence-corrected chi connectivity index (χ2v) is 8.28. The number of hydrogen-bond acceptors (Lipinski definition) is 5. The molecule has 0 spiro atoms. The van der Waals surface area contributed by atoms with E-state index >= 15 is 0 Å². The number of halogens is 6. The highest BCUT2D eigenvalue weighted by molar-refractivity contribution is 9.10. The van der Waals surface area contributed by atoms with Crippen molar-refractivity contribution in [3.63, 3.8) is 0 Å². The van der Waals surface area contributed by atoms with Crippen molar-refractivity contribution in [3.05, 3.63) is 78.2 Å². The van der Waals surface area contributed by atoms with Gasteiger partial charge in [0.25, 0.3) is 5.56 Å². The van der Waals surface area contributed by atoms with Crippen molar-refractivity contribution in [1.82, 2.24) is 9.13 Å². The summed E-state index contributed by atoms with van der Waals surface area (Å²) in [6.45, 7) is 1.04. The number of rotatable bonds is 6. The van der Waals surface area contributed by atoms with Gasteiger partial charge in [-0.2, -0.15) is 13.2 Å². The van der Waals surface area contributed by atoms with Gasteiger partial charge in [-0.15, -0.1) is 0 Å². The van der Waals surface area contributed by atoms with Crippen LogP contribution in [0.4, 0.5) is 17.6 Å². The molecular weight excluding hydrogens is 552 g/mol. The summed E-state index contributed by atoms with van der Waals surface area (Å²) in [6.07, 6.45) is -4.98. The fraction of sp³-hybridized carbons (Fsp3) is 0.190. The average molecular weight is 566 g/mol. The summed E-state index contributed by atoms with van der Waals surface area (Å²) in [5, 5.41) is -0.268. The fourth-order valence-corrected chi connectivity index (χ4v) is 3.40. The van der Waals surface area contributed by atoms with Gasteiger partial charge >= 0.3 is 11.9 Å². The van der Waals surface area contributed by atoms with Crippen LogP contribution >= 0.6 is 27.5 Å². The lowest BCUT2D eigenvalue weighted by atomic mass is 10.2. The maximum atomic E-state index is 14.7. The minimum atomic E-state index is -4.98. The number of ketones is 1. The molecule has 0 radical (unpaired) electrons. The van der Waals surface area contributed by atoms with E-state index in [2.05, 4.69) is 15.9 Å². The molecule has 0 N–H and O–H groups in total. The maximum absolute atomic E-state index is 14.7. The third-order valence-electron chi connectivity index (χ3n) is 4.41. The van der Waals surface area contributed by atoms with Crippen LogP contribution < -0.4 is 20.7 Å². The molecule has 0 saturated carbocycles. The zero-order valence-electron chi connectivity index (χ0n) is 17.4. The van der Waals surface area contributed by atoms with E-state index in [0.29, 0.717) is 4.47 Å². The molecule has 3 aromatic rings. The van der Waals surface area contributed by atoms with E-state index in [9.17, 15) is 31.9 Å². The molecule has 3 rings (SSSR count). The predicted octanol–water partition coefficient (Wildman–Crippen LogP) is 4.87. The molecule has 0 amide bonds. The number of carbonyl (C=O) groups is 1. The van der Waals surface area contributed by atoms with Gasteiger partial charge in [0.05, 0.1) is 10.7 Å². The highest BCUT2D eigenvalue weighted by atomic mass is 79.9. The number of aromatic nitrogens is 2. The molecule has 1 aromatic heterocycles. The largest absolute Gasteiger partial charge is 0.482 e. The first-order valence-electron chi connectivity index (χ1n) is 9.29. The van der Waals surface area contributed by atoms with Gasteiger partial charge in [0.1, 0.15) is 23.9 Å². The summed E-state index contributed by atoms with van der Waals surface area (Å²) in [7, 11) is 0.798. The molecule has 0 aliphatic rings. The molecule has 180 valence electrons. The van der Waals surface area contributed by atoms with Gasteiger partial charge in [0.15, 0.2) is 17.3 Å². The first kappa shape index (κ1) is 25.5. The van der Waals surface area contributed by atoms with E-state index in [1.807, 2.05) is 0 Å². The van der Waals surface area contributed by atoms with E-state index in [1.165, 1.54) is 19.1 Å². The van der Waals surface area contributed by atoms with Crippen molar-refractivity contribution >= 4 is 33.3 Å². The highest BCUT2D eigenvalue weighted by Crippen LogP contribution is 2.38. The van der Waals surface area contributed by atoms with Gasteiger partial charge in [0, 0.05) is 23.7 Å². The Balaban J connectivity index is 2.14. The second-order valence-electron chi connectivity index (χ2n) is 6.96. The smallest absolute Gasteiger partial charge is 0.431 e. The zero-order chi connectivity index (χ0) is 25.4. The van der Waals surface area contributed by atoms with E-state index in [0.717, 1.165) is 19.2 Å². The Kier molecular flexibility index (Phi) is 7.22. The molecular formula is C21H14BrClF4N2O5. The van der Waals surface area contributed by atoms with Crippen molar-refractivity contribution in [2.45, 2.75) is 13.1 Å². The normalized spacial score (nSPS) is 11.4. The predicted molar refractivity (Wildman–Crippen MR) is 118 cm³/mol. The van der Waals surface area contributed by atoms with Crippen molar-refractivity contribution in [1.29, 1.82) is 0 Å². The number of ether oxygens (including phenoxy) is 2. The Morgan fingerprint density at radius 1 is 1.09 bits per heavy atom. The van der Waals surface area contributed by atoms with Crippen LogP contribution in [0.1, 0.15) is 12.6 Å². The van der Waals surface area contributed by atoms with Crippen molar-refractivity contribution in [3.8, 4) is 22.9 Å². The summed E-state index contributed by atoms with van der Waals surface area (Å²) in [5.74, 6) is -1.49. The maximum Gasteiger partial charge on any atom is 0.431 e. The molecule has 0 fully saturated rings. The molecule has 0 bridgehead atoms. The first-order valence-corrected chi connectivity index (χ1v) is 10.5. The average Bonchev–Trinajstić information content (AvgIpc) is 2.72. The van der Waals surface area contributed by atoms with E-state index in [-0.39, 0.29) is 49.9 Å². The van der Waals surface area contributed by atoms with Gasteiger partial charge in [-0.05, 0) is 31.2 Å². The minimum Gasteiger partial charge on any atom is -0.482 e. The molecule has 1 heterocycles. The van der Waals surface area contributed by atoms with Crippen LogP contribution in [0.15, 0.2) is 50.5 Å². The number of nitrogens with zero attached hydrogens (tertiary/aromatic N) is 2. The lowest BCUT2D eigenvalue weighted by Crippen LogP contribution is -2.41. The highest BCUT2D eigenvalue weighted by Gasteiger charge is 2.35. The molecule has 0 atom stereocenters. The second kappa shape index (κ2) is 9.63. The van der Waals surface area contributed by atoms with E-state index in [4.69, 9.17) is 21.1 Å². The van der Waals surface area contributed by atoms with Crippen LogP contribution in [-0.4, -0.2) is 21.5 Å². The molecule has 0 unspecified atom stereocenters. The van der Waals surface area contributed by atoms with Gasteiger partial charge in [-0.3, -0.25) is 14.2 Å². The monoisotopic (exact) mass is 564 g/mol. The van der Waals surface area contributed by atoms with E-state index < -0.39 is 34.6 Å². The number of benzene rings is 2. The molecule has 13 heteroatoms. The first-order chi connectivity index (χ1) is 15.8. The lowest BCUT2D eigenvalue weighted by Gasteiger charge is -2.16. The summed E-state index contributed by atoms with van der Waals surface area (Å²) in [4.78, 5) is 36.2. The summed E-state index contributed by atoms with van der Waals surface area (Å²) < 4.78 is 66.0. The quantitative estimate of drug-likeness (QED) is 0.399. The fourth-order valence-electron chi connectivity index (χ4n) is 2.87. The third-order valence-corrected chi connectivity index (χ3v) is 5.20. The molecule has 34 heavy (non-hydrogen) atoms. The molecule has 0 saturated heterocycles. The van der Waals surface area contributed by atoms with Crippen LogP contribution in [0.2, 0.25) is 5.02 Å². The Hall–Kier alpha value is -3.12. The number of hydrogen-bond donors (Lipinski definition) is 0. The Labute approximate surface area is 202 Å². The SMILES string of the molecule is CC(=O)COc1ccc(Br)cc1Oc1cc(-n2c(=O)cc(C(F)(F)F)n(C)c2=O)c(F)cc1Cl. The molecule has 7 nitrogen and oxygen atoms in total. The Bertz CT molecular complexity index is 1400. The van der Waals surface area contributed by atoms with Crippen LogP contribution in [0, 0.1) is 5.82 Å². The molecule has 0 aliphatic carbocycles. The number of alkyl halides is 3. The summed E-state index contributed by atoms with van der Waals surface area (Å²) in [6, 6.07) is 6.35. The molecule has 2 aromatic carbocycles. The third kappa shape index (κ3) is 5.33. The number of Topliss-reactive ketones (excluding diaryl/α,β-unsaturated/α-hetero) is 1. The van der Waals surface area contributed by atoms with Gasteiger partial charge < -0.3 is 9.47 Å². The summed E-state index contributed by atoms with van der Waals surface area (Å²) >= 11 is 9.31. The molecule has 0 aliphatic heterocycles. The van der Waals surface area contributed by atoms with Crippen LogP contribution in [0.25, 0.3) is 5.69 Å². The van der Waals surface area contributed by atoms with Crippen LogP contribution in [0.5, 0.6) is 17.2 Å². The minimum absolute atomic E-state index is 0.0442. The Morgan fingerprint density at radius 3 is 2.38 bits per heavy atom. The van der Waals surface area contributed by atoms with Gasteiger partial charge in [-0.25, -0.2) is 13.8 Å². The lowest BCUT2D eigenvalue weighted by molar-refractivity contribution is -0.144. The van der Waals surface area contributed by atoms with Crippen LogP contribution in [0.3, 0.4) is 0 Å². The topological polar surface area (TPSA) is 79.5 Å². The standard InChI is InChI=1S/C21H14BrClF4N2O5/c1-10(30)9-33-15-4-3-11(22)5-17(15)34-16-7-14(13(24)6-12(16)23)29-19(31)8-18(21(25,26)27)28(2)20(29)32/h3-8H,9H2,1-2H3. The van der Waals surface area contributed by atoms with Crippen LogP contribution in [-0.2, 0) is 18.0 Å². The summed E-state index contributed by atoms with van der Waals surface area (Å²) in [5.41, 5.74) is -5.01. The van der Waals surface area contributed by atoms with Gasteiger partial charge in [-0.1, -0.05) is 27.5 Å². The van der Waals surface area contributed by atoms with Crippen molar-refractivity contribution in [2.75, 3.05) is 6.61 Å². The van der Waals surface area contributed by atoms with E-state index in [1.54, 1.807) is 6.07 Å². The zero-order valence-corrected chi connectivity index (χ0v) is 19.7. The van der Waals surface area contributed by atoms with Crippen molar-refractivity contribution < 1.29 is 31.8 Å².